The van der Waals surface area contributed by atoms with Gasteiger partial charge in [0.2, 0.25) is 0 Å². The van der Waals surface area contributed by atoms with Gasteiger partial charge in [-0.15, -0.1) is 0 Å². The number of fused-ring (bicyclic) bond motifs is 14. The molecule has 19 rings (SSSR count). The van der Waals surface area contributed by atoms with E-state index in [1.54, 1.807) is 0 Å². The van der Waals surface area contributed by atoms with E-state index in [-0.39, 0.29) is 6.71 Å². The average molecular weight is 1240 g/mol. The van der Waals surface area contributed by atoms with Crippen LogP contribution >= 0.6 is 0 Å². The standard InChI is InChI=1S/C91H62BN5/c1-8-28-63(29-9-1)64-58-88-90-89(59-64)97(73-52-55-83-79(60-73)78-44-24-27-47-82(78)91(83)80-45-25-22-42-76(80)77-43-23-26-46-81(77)91)87-57-54-75(95(69-38-18-6-19-39-69)70-40-20-7-21-41-70)62-85(87)92(90)84-61-74(94(67-34-14-4-15-35-67)68-36-16-5-17-37-68)53-56-86(84)96(88)72-50-48-71(49-51-72)93(65-30-10-2-11-31-65)66-32-12-3-13-33-66/h1-62H. The highest BCUT2D eigenvalue weighted by atomic mass is 15.2. The number of nitrogens with zero attached hydrogens (tertiary/aromatic N) is 5. The molecule has 6 heteroatoms. The molecule has 2 aliphatic carbocycles. The molecule has 2 heterocycles. The second-order valence-corrected chi connectivity index (χ2v) is 25.5. The van der Waals surface area contributed by atoms with Crippen LogP contribution in [0.3, 0.4) is 0 Å². The zero-order valence-electron chi connectivity index (χ0n) is 53.1. The van der Waals surface area contributed by atoms with Gasteiger partial charge in [-0.1, -0.05) is 218 Å². The Morgan fingerprint density at radius 2 is 0.526 bits per heavy atom. The van der Waals surface area contributed by atoms with Gasteiger partial charge < -0.3 is 24.5 Å². The van der Waals surface area contributed by atoms with Gasteiger partial charge in [0.25, 0.3) is 6.71 Å². The molecular formula is C91H62BN5. The minimum Gasteiger partial charge on any atom is -0.311 e. The highest BCUT2D eigenvalue weighted by Crippen LogP contribution is 2.63. The molecule has 5 nitrogen and oxygen atoms in total. The van der Waals surface area contributed by atoms with E-state index in [4.69, 9.17) is 0 Å². The Morgan fingerprint density at radius 1 is 0.216 bits per heavy atom. The lowest BCUT2D eigenvalue weighted by molar-refractivity contribution is 0.794. The summed E-state index contributed by atoms with van der Waals surface area (Å²) < 4.78 is 0. The van der Waals surface area contributed by atoms with Crippen LogP contribution in [0.2, 0.25) is 0 Å². The van der Waals surface area contributed by atoms with Gasteiger partial charge in [-0.2, -0.15) is 0 Å². The number of benzene rings is 15. The van der Waals surface area contributed by atoms with Crippen molar-refractivity contribution in [2.75, 3.05) is 24.5 Å². The Bertz CT molecular complexity index is 5320. The number of anilines is 15. The van der Waals surface area contributed by atoms with E-state index < -0.39 is 5.41 Å². The van der Waals surface area contributed by atoms with Crippen molar-refractivity contribution < 1.29 is 0 Å². The summed E-state index contributed by atoms with van der Waals surface area (Å²) in [6.07, 6.45) is 0. The van der Waals surface area contributed by atoms with Gasteiger partial charge in [-0.05, 0) is 230 Å². The first-order valence-corrected chi connectivity index (χ1v) is 33.5. The van der Waals surface area contributed by atoms with Crippen LogP contribution in [-0.4, -0.2) is 6.71 Å². The van der Waals surface area contributed by atoms with Gasteiger partial charge in [0.05, 0.1) is 5.41 Å². The Kier molecular flexibility index (Phi) is 13.2. The number of hydrogen-bond donors (Lipinski definition) is 0. The fourth-order valence-electron chi connectivity index (χ4n) is 16.4. The molecule has 2 aliphatic heterocycles. The summed E-state index contributed by atoms with van der Waals surface area (Å²) in [6, 6.07) is 139. The summed E-state index contributed by atoms with van der Waals surface area (Å²) in [5.41, 5.74) is 32.1. The summed E-state index contributed by atoms with van der Waals surface area (Å²) in [4.78, 5) is 12.3. The lowest BCUT2D eigenvalue weighted by Gasteiger charge is -2.45. The van der Waals surface area contributed by atoms with Crippen molar-refractivity contribution in [3.05, 3.63) is 398 Å². The Morgan fingerprint density at radius 3 is 0.938 bits per heavy atom. The van der Waals surface area contributed by atoms with Crippen LogP contribution in [0.4, 0.5) is 85.3 Å². The normalized spacial score (nSPS) is 13.0. The van der Waals surface area contributed by atoms with Crippen molar-refractivity contribution in [1.82, 2.24) is 0 Å². The summed E-state index contributed by atoms with van der Waals surface area (Å²) in [5, 5.41) is 0. The van der Waals surface area contributed by atoms with Crippen molar-refractivity contribution in [2.24, 2.45) is 0 Å². The maximum Gasteiger partial charge on any atom is 0.252 e. The van der Waals surface area contributed by atoms with Crippen molar-refractivity contribution in [3.63, 3.8) is 0 Å². The molecule has 0 fully saturated rings. The molecule has 0 radical (unpaired) electrons. The van der Waals surface area contributed by atoms with Crippen LogP contribution in [0.15, 0.2) is 376 Å². The molecule has 4 aliphatic rings. The van der Waals surface area contributed by atoms with E-state index in [0.717, 1.165) is 96.4 Å². The largest absolute Gasteiger partial charge is 0.311 e. The Hall–Kier alpha value is -12.6. The summed E-state index contributed by atoms with van der Waals surface area (Å²) >= 11 is 0. The molecule has 97 heavy (non-hydrogen) atoms. The van der Waals surface area contributed by atoms with E-state index in [1.807, 2.05) is 0 Å². The first-order chi connectivity index (χ1) is 48.2. The van der Waals surface area contributed by atoms with Crippen LogP contribution in [0.1, 0.15) is 22.3 Å². The molecule has 454 valence electrons. The predicted octanol–water partition coefficient (Wildman–Crippen LogP) is 22.2. The van der Waals surface area contributed by atoms with E-state index in [2.05, 4.69) is 401 Å². The van der Waals surface area contributed by atoms with Crippen LogP contribution in [-0.2, 0) is 5.41 Å². The third-order valence-corrected chi connectivity index (χ3v) is 20.3. The first kappa shape index (κ1) is 56.0. The van der Waals surface area contributed by atoms with Crippen molar-refractivity contribution in [3.8, 4) is 33.4 Å². The van der Waals surface area contributed by atoms with Crippen molar-refractivity contribution in [2.45, 2.75) is 5.41 Å². The fourth-order valence-corrected chi connectivity index (χ4v) is 16.4. The number of hydrogen-bond acceptors (Lipinski definition) is 5. The zero-order chi connectivity index (χ0) is 64.0. The molecule has 15 aromatic rings. The maximum atomic E-state index is 2.61. The first-order valence-electron chi connectivity index (χ1n) is 33.5. The second kappa shape index (κ2) is 22.8. The Balaban J connectivity index is 0.899. The molecule has 0 atom stereocenters. The van der Waals surface area contributed by atoms with Crippen molar-refractivity contribution in [1.29, 1.82) is 0 Å². The number of para-hydroxylation sites is 6. The molecule has 0 unspecified atom stereocenters. The van der Waals surface area contributed by atoms with Gasteiger partial charge in [-0.25, -0.2) is 0 Å². The predicted molar refractivity (Wildman–Crippen MR) is 406 cm³/mol. The monoisotopic (exact) mass is 1240 g/mol. The van der Waals surface area contributed by atoms with Crippen LogP contribution in [0.25, 0.3) is 33.4 Å². The van der Waals surface area contributed by atoms with E-state index >= 15 is 0 Å². The second-order valence-electron chi connectivity index (χ2n) is 25.5. The van der Waals surface area contributed by atoms with Crippen LogP contribution in [0, 0.1) is 0 Å². The fraction of sp³-hybridized carbons (Fsp3) is 0.0110. The molecule has 0 amide bonds. The number of rotatable bonds is 12. The van der Waals surface area contributed by atoms with Gasteiger partial charge in [0.15, 0.2) is 0 Å². The topological polar surface area (TPSA) is 16.2 Å². The molecule has 0 bridgehead atoms. The SMILES string of the molecule is c1ccc(-c2cc3c4c(c2)N(c2ccc5c(c2)-c2ccccc2C52c5ccccc5-c5ccccc52)c2ccc(N(c5ccccc5)c5ccccc5)cc2B4c2cc(N(c4ccccc4)c4ccccc4)ccc2N3c2ccc(N(c3ccccc3)c3ccccc3)cc2)cc1. The highest BCUT2D eigenvalue weighted by molar-refractivity contribution is 7.00. The third kappa shape index (κ3) is 8.88. The Labute approximate surface area is 566 Å². The van der Waals surface area contributed by atoms with E-state index in [0.29, 0.717) is 0 Å². The molecule has 15 aromatic carbocycles. The highest BCUT2D eigenvalue weighted by Gasteiger charge is 2.52. The van der Waals surface area contributed by atoms with Gasteiger partial charge in [-0.3, -0.25) is 0 Å². The van der Waals surface area contributed by atoms with Gasteiger partial charge in [0, 0.05) is 85.3 Å². The quantitative estimate of drug-likeness (QED) is 0.113. The lowest BCUT2D eigenvalue weighted by Crippen LogP contribution is -2.61. The molecule has 0 N–H and O–H groups in total. The van der Waals surface area contributed by atoms with Crippen LogP contribution in [0.5, 0.6) is 0 Å². The minimum absolute atomic E-state index is 0.259. The average Bonchev–Trinajstić information content (AvgIpc) is 1.63. The molecule has 0 aromatic heterocycles. The van der Waals surface area contributed by atoms with Gasteiger partial charge >= 0.3 is 0 Å². The van der Waals surface area contributed by atoms with Crippen molar-refractivity contribution >= 4 is 108 Å². The lowest BCUT2D eigenvalue weighted by atomic mass is 9.33. The molecule has 0 saturated carbocycles. The smallest absolute Gasteiger partial charge is 0.252 e. The summed E-state index contributed by atoms with van der Waals surface area (Å²) in [5.74, 6) is 0. The molecular weight excluding hydrogens is 1170 g/mol. The maximum absolute atomic E-state index is 2.61. The third-order valence-electron chi connectivity index (χ3n) is 20.3. The summed E-state index contributed by atoms with van der Waals surface area (Å²) in [6.45, 7) is -0.259. The molecule has 1 spiro atoms. The minimum atomic E-state index is -0.494. The summed E-state index contributed by atoms with van der Waals surface area (Å²) in [7, 11) is 0. The van der Waals surface area contributed by atoms with Gasteiger partial charge in [0.1, 0.15) is 0 Å². The van der Waals surface area contributed by atoms with E-state index in [1.165, 1.54) is 60.9 Å². The zero-order valence-corrected chi connectivity index (χ0v) is 53.1. The van der Waals surface area contributed by atoms with E-state index in [9.17, 15) is 0 Å². The van der Waals surface area contributed by atoms with Crippen LogP contribution < -0.4 is 40.9 Å². The molecule has 0 saturated heterocycles.